The minimum absolute atomic E-state index is 0.00384. The van der Waals surface area contributed by atoms with Crippen LogP contribution >= 0.6 is 0 Å². The fourth-order valence-electron chi connectivity index (χ4n) is 8.49. The average molecular weight is 747 g/mol. The van der Waals surface area contributed by atoms with Gasteiger partial charge in [0.2, 0.25) is 0 Å². The predicted octanol–water partition coefficient (Wildman–Crippen LogP) is 14.4. The van der Waals surface area contributed by atoms with E-state index in [4.69, 9.17) is 9.72 Å². The minimum atomic E-state index is 0.00384. The lowest BCUT2D eigenvalue weighted by atomic mass is 9.85. The zero-order valence-corrected chi connectivity index (χ0v) is 34.0. The molecule has 0 fully saturated rings. The van der Waals surface area contributed by atoms with Crippen LogP contribution in [0.25, 0.3) is 38.8 Å². The number of nitrogens with zero attached hydrogens (tertiary/aromatic N) is 4. The molecule has 8 aromatic rings. The Balaban J connectivity index is 1.05. The molecule has 0 aliphatic carbocycles. The SMILES string of the molecule is CC(C)c1cccc(C(C)C)c1-c1cccc(N2CN(c3cccc(Oc4ccc5c6ccccc6n(-c6cc(C(C)(C)C)ccn6)c5c4)c3)c3ccccc32)c1. The van der Waals surface area contributed by atoms with Gasteiger partial charge in [-0.3, -0.25) is 4.57 Å². The molecule has 3 heterocycles. The smallest absolute Gasteiger partial charge is 0.137 e. The monoisotopic (exact) mass is 746 g/mol. The average Bonchev–Trinajstić information content (AvgIpc) is 3.76. The zero-order chi connectivity index (χ0) is 39.4. The summed E-state index contributed by atoms with van der Waals surface area (Å²) >= 11 is 0. The van der Waals surface area contributed by atoms with E-state index in [2.05, 4.69) is 202 Å². The highest BCUT2D eigenvalue weighted by molar-refractivity contribution is 6.09. The van der Waals surface area contributed by atoms with Crippen LogP contribution in [0.4, 0.5) is 22.7 Å². The molecule has 1 aliphatic heterocycles. The first-order chi connectivity index (χ1) is 27.5. The van der Waals surface area contributed by atoms with Gasteiger partial charge in [0.1, 0.15) is 24.0 Å². The lowest BCUT2D eigenvalue weighted by Crippen LogP contribution is -2.23. The van der Waals surface area contributed by atoms with E-state index < -0.39 is 0 Å². The number of para-hydroxylation sites is 3. The first kappa shape index (κ1) is 36.3. The number of anilines is 4. The summed E-state index contributed by atoms with van der Waals surface area (Å²) in [7, 11) is 0. The number of rotatable bonds is 8. The highest BCUT2D eigenvalue weighted by atomic mass is 16.5. The Bertz CT molecular complexity index is 2740. The van der Waals surface area contributed by atoms with E-state index >= 15 is 0 Å². The first-order valence-electron chi connectivity index (χ1n) is 20.2. The quantitative estimate of drug-likeness (QED) is 0.155. The van der Waals surface area contributed by atoms with Gasteiger partial charge in [0.25, 0.3) is 0 Å². The van der Waals surface area contributed by atoms with Gasteiger partial charge in [-0.1, -0.05) is 115 Å². The van der Waals surface area contributed by atoms with E-state index in [0.717, 1.165) is 34.0 Å². The molecule has 0 spiro atoms. The predicted molar refractivity (Wildman–Crippen MR) is 239 cm³/mol. The van der Waals surface area contributed by atoms with Crippen LogP contribution in [0, 0.1) is 0 Å². The largest absolute Gasteiger partial charge is 0.457 e. The van der Waals surface area contributed by atoms with E-state index in [1.54, 1.807) is 0 Å². The molecule has 0 radical (unpaired) electrons. The molecule has 9 rings (SSSR count). The van der Waals surface area contributed by atoms with Crippen molar-refractivity contribution in [1.29, 1.82) is 0 Å². The molecule has 0 saturated carbocycles. The van der Waals surface area contributed by atoms with Crippen LogP contribution < -0.4 is 14.5 Å². The lowest BCUT2D eigenvalue weighted by molar-refractivity contribution is 0.483. The van der Waals surface area contributed by atoms with Crippen LogP contribution in [-0.2, 0) is 5.41 Å². The van der Waals surface area contributed by atoms with Gasteiger partial charge >= 0.3 is 0 Å². The summed E-state index contributed by atoms with van der Waals surface area (Å²) in [6.07, 6.45) is 1.92. The van der Waals surface area contributed by atoms with Crippen LogP contribution in [0.15, 0.2) is 152 Å². The van der Waals surface area contributed by atoms with Crippen molar-refractivity contribution in [3.8, 4) is 28.4 Å². The number of fused-ring (bicyclic) bond motifs is 4. The second-order valence-corrected chi connectivity index (χ2v) is 16.9. The van der Waals surface area contributed by atoms with Gasteiger partial charge in [0.05, 0.1) is 22.4 Å². The fourth-order valence-corrected chi connectivity index (χ4v) is 8.49. The van der Waals surface area contributed by atoms with Crippen molar-refractivity contribution in [1.82, 2.24) is 9.55 Å². The van der Waals surface area contributed by atoms with Crippen LogP contribution in [0.2, 0.25) is 0 Å². The van der Waals surface area contributed by atoms with Crippen molar-refractivity contribution in [2.45, 2.75) is 65.7 Å². The summed E-state index contributed by atoms with van der Waals surface area (Å²) in [6.45, 7) is 16.6. The van der Waals surface area contributed by atoms with E-state index in [-0.39, 0.29) is 5.41 Å². The summed E-state index contributed by atoms with van der Waals surface area (Å²) in [5.74, 6) is 3.31. The number of ether oxygens (including phenoxy) is 1. The van der Waals surface area contributed by atoms with Crippen LogP contribution in [-0.4, -0.2) is 16.2 Å². The third-order valence-corrected chi connectivity index (χ3v) is 11.4. The molecule has 0 amide bonds. The van der Waals surface area contributed by atoms with Crippen molar-refractivity contribution in [2.75, 3.05) is 16.5 Å². The van der Waals surface area contributed by atoms with Crippen LogP contribution in [0.3, 0.4) is 0 Å². The maximum absolute atomic E-state index is 6.70. The van der Waals surface area contributed by atoms with Gasteiger partial charge in [0, 0.05) is 40.5 Å². The molecule has 6 aromatic carbocycles. The molecule has 0 N–H and O–H groups in total. The van der Waals surface area contributed by atoms with Crippen molar-refractivity contribution >= 4 is 44.6 Å². The fraction of sp³-hybridized carbons (Fsp3) is 0.212. The number of aromatic nitrogens is 2. The van der Waals surface area contributed by atoms with E-state index in [1.165, 1.54) is 55.7 Å². The molecule has 0 unspecified atom stereocenters. The Morgan fingerprint density at radius 2 is 1.18 bits per heavy atom. The van der Waals surface area contributed by atoms with Gasteiger partial charge in [-0.2, -0.15) is 0 Å². The normalized spacial score (nSPS) is 13.0. The van der Waals surface area contributed by atoms with E-state index in [0.29, 0.717) is 18.5 Å². The van der Waals surface area contributed by atoms with Crippen LogP contribution in [0.1, 0.15) is 77.0 Å². The van der Waals surface area contributed by atoms with Crippen LogP contribution in [0.5, 0.6) is 11.5 Å². The summed E-state index contributed by atoms with van der Waals surface area (Å²) in [5.41, 5.74) is 13.5. The van der Waals surface area contributed by atoms with Gasteiger partial charge in [0.15, 0.2) is 0 Å². The topological polar surface area (TPSA) is 33.5 Å². The van der Waals surface area contributed by atoms with Crippen molar-refractivity contribution < 1.29 is 4.74 Å². The van der Waals surface area contributed by atoms with Crippen molar-refractivity contribution in [2.24, 2.45) is 0 Å². The highest BCUT2D eigenvalue weighted by Gasteiger charge is 2.29. The molecule has 0 saturated heterocycles. The Hall–Kier alpha value is -6.33. The summed E-state index contributed by atoms with van der Waals surface area (Å²) in [5, 5.41) is 2.36. The maximum Gasteiger partial charge on any atom is 0.137 e. The number of hydrogen-bond donors (Lipinski definition) is 0. The number of pyridine rings is 1. The summed E-state index contributed by atoms with van der Waals surface area (Å²) in [6, 6.07) is 52.3. The Morgan fingerprint density at radius 1 is 0.561 bits per heavy atom. The Morgan fingerprint density at radius 3 is 1.88 bits per heavy atom. The lowest BCUT2D eigenvalue weighted by Gasteiger charge is -2.24. The van der Waals surface area contributed by atoms with Crippen molar-refractivity contribution in [3.05, 3.63) is 168 Å². The van der Waals surface area contributed by atoms with E-state index in [9.17, 15) is 0 Å². The third-order valence-electron chi connectivity index (χ3n) is 11.4. The second-order valence-electron chi connectivity index (χ2n) is 16.9. The first-order valence-corrected chi connectivity index (χ1v) is 20.2. The standard InChI is InChI=1S/C52H50N4O/c1-34(2)42-20-14-21-43(35(3)4)51(42)36-15-12-16-38(29-36)54-33-55(48-24-11-10-23-47(48)54)39-17-13-18-40(31-39)57-41-25-26-45-44-19-8-9-22-46(44)56(49(45)32-41)50-30-37(27-28-53-50)52(5,6)7/h8-32,34-35H,33H2,1-7H3. The molecule has 0 bridgehead atoms. The molecular formula is C52H50N4O. The van der Waals surface area contributed by atoms with Gasteiger partial charge in [-0.15, -0.1) is 0 Å². The molecule has 2 aromatic heterocycles. The molecule has 5 nitrogen and oxygen atoms in total. The van der Waals surface area contributed by atoms with E-state index in [1.807, 2.05) is 12.3 Å². The van der Waals surface area contributed by atoms with Gasteiger partial charge in [-0.05, 0) is 112 Å². The second kappa shape index (κ2) is 14.3. The molecular weight excluding hydrogens is 697 g/mol. The van der Waals surface area contributed by atoms with Gasteiger partial charge < -0.3 is 14.5 Å². The molecule has 284 valence electrons. The molecule has 0 atom stereocenters. The molecule has 57 heavy (non-hydrogen) atoms. The number of hydrogen-bond acceptors (Lipinski definition) is 4. The molecule has 1 aliphatic rings. The zero-order valence-electron chi connectivity index (χ0n) is 34.0. The van der Waals surface area contributed by atoms with Crippen molar-refractivity contribution in [3.63, 3.8) is 0 Å². The third kappa shape index (κ3) is 6.61. The number of benzene rings is 6. The summed E-state index contributed by atoms with van der Waals surface area (Å²) < 4.78 is 8.97. The Labute approximate surface area is 336 Å². The summed E-state index contributed by atoms with van der Waals surface area (Å²) in [4.78, 5) is 9.67. The Kier molecular flexibility index (Phi) is 9.12. The minimum Gasteiger partial charge on any atom is -0.457 e. The van der Waals surface area contributed by atoms with Gasteiger partial charge in [-0.25, -0.2) is 4.98 Å². The highest BCUT2D eigenvalue weighted by Crippen LogP contribution is 2.46. The maximum atomic E-state index is 6.70. The molecule has 5 heteroatoms.